The second-order valence-electron chi connectivity index (χ2n) is 6.96. The summed E-state index contributed by atoms with van der Waals surface area (Å²) in [6.45, 7) is 2.74. The second kappa shape index (κ2) is 5.46. The van der Waals surface area contributed by atoms with Crippen LogP contribution in [0.2, 0.25) is 0 Å². The molecule has 128 valence electrons. The van der Waals surface area contributed by atoms with Crippen LogP contribution in [0.25, 0.3) is 0 Å². The first-order chi connectivity index (χ1) is 11.1. The number of sulfonamides is 1. The van der Waals surface area contributed by atoms with Crippen LogP contribution in [0.3, 0.4) is 0 Å². The number of anilines is 1. The smallest absolute Gasteiger partial charge is 0.222 e. The third-order valence-electron chi connectivity index (χ3n) is 5.27. The van der Waals surface area contributed by atoms with Gasteiger partial charge in [-0.25, -0.2) is 8.42 Å². The molecule has 2 saturated carbocycles. The Labute approximate surface area is 137 Å². The first-order valence-corrected chi connectivity index (χ1v) is 9.79. The van der Waals surface area contributed by atoms with Gasteiger partial charge in [0, 0.05) is 51.0 Å². The Hall–Kier alpha value is -1.12. The molecule has 0 aromatic carbocycles. The van der Waals surface area contributed by atoms with Gasteiger partial charge in [0.1, 0.15) is 4.75 Å². The monoisotopic (exact) mass is 340 g/mol. The zero-order valence-corrected chi connectivity index (χ0v) is 14.3. The summed E-state index contributed by atoms with van der Waals surface area (Å²) in [7, 11) is -1.69. The van der Waals surface area contributed by atoms with Gasteiger partial charge >= 0.3 is 0 Å². The predicted octanol–water partition coefficient (Wildman–Crippen LogP) is 0.918. The molecule has 2 aliphatic carbocycles. The Morgan fingerprint density at radius 3 is 2.57 bits per heavy atom. The number of methoxy groups -OCH3 is 1. The van der Waals surface area contributed by atoms with Crippen LogP contribution in [0.15, 0.2) is 6.07 Å². The zero-order chi connectivity index (χ0) is 16.1. The molecule has 1 aliphatic heterocycles. The number of aromatic nitrogens is 2. The van der Waals surface area contributed by atoms with E-state index in [0.29, 0.717) is 51.5 Å². The summed E-state index contributed by atoms with van der Waals surface area (Å²) < 4.78 is 31.7. The molecule has 7 nitrogen and oxygen atoms in total. The number of nitrogens with zero attached hydrogens (tertiary/aromatic N) is 3. The number of nitrogens with one attached hydrogen (secondary N) is 1. The maximum Gasteiger partial charge on any atom is 0.222 e. The fourth-order valence-electron chi connectivity index (χ4n) is 3.40. The van der Waals surface area contributed by atoms with Gasteiger partial charge in [-0.3, -0.25) is 5.10 Å². The predicted molar refractivity (Wildman–Crippen MR) is 87.1 cm³/mol. The molecule has 3 aliphatic rings. The van der Waals surface area contributed by atoms with Gasteiger partial charge in [0.25, 0.3) is 0 Å². The van der Waals surface area contributed by atoms with Gasteiger partial charge in [-0.2, -0.15) is 9.40 Å². The summed E-state index contributed by atoms with van der Waals surface area (Å²) in [5, 5.41) is 7.51. The third kappa shape index (κ3) is 2.66. The van der Waals surface area contributed by atoms with E-state index in [4.69, 9.17) is 4.74 Å². The van der Waals surface area contributed by atoms with Crippen molar-refractivity contribution in [2.75, 3.05) is 44.8 Å². The van der Waals surface area contributed by atoms with Gasteiger partial charge < -0.3 is 9.64 Å². The fourth-order valence-corrected chi connectivity index (χ4v) is 5.48. The summed E-state index contributed by atoms with van der Waals surface area (Å²) in [4.78, 5) is 2.17. The largest absolute Gasteiger partial charge is 0.383 e. The lowest BCUT2D eigenvalue weighted by Crippen LogP contribution is -2.52. The Morgan fingerprint density at radius 1 is 1.30 bits per heavy atom. The quantitative estimate of drug-likeness (QED) is 0.833. The van der Waals surface area contributed by atoms with Crippen molar-refractivity contribution in [1.82, 2.24) is 14.5 Å². The minimum atomic E-state index is -3.26. The maximum atomic E-state index is 12.8. The van der Waals surface area contributed by atoms with Gasteiger partial charge in [0.05, 0.1) is 6.61 Å². The summed E-state index contributed by atoms with van der Waals surface area (Å²) in [5.41, 5.74) is 1.21. The molecule has 3 fully saturated rings. The van der Waals surface area contributed by atoms with Crippen molar-refractivity contribution in [3.05, 3.63) is 11.8 Å². The Kier molecular flexibility index (Phi) is 3.66. The van der Waals surface area contributed by atoms with E-state index in [0.717, 1.165) is 5.82 Å². The molecule has 0 spiro atoms. The molecule has 1 aromatic heterocycles. The van der Waals surface area contributed by atoms with Crippen molar-refractivity contribution < 1.29 is 13.2 Å². The highest BCUT2D eigenvalue weighted by Crippen LogP contribution is 2.45. The van der Waals surface area contributed by atoms with Crippen molar-refractivity contribution in [3.8, 4) is 0 Å². The van der Waals surface area contributed by atoms with Crippen LogP contribution in [-0.2, 0) is 14.8 Å². The van der Waals surface area contributed by atoms with Gasteiger partial charge in [-0.15, -0.1) is 0 Å². The fraction of sp³-hybridized carbons (Fsp3) is 0.800. The molecule has 1 saturated heterocycles. The minimum Gasteiger partial charge on any atom is -0.383 e. The van der Waals surface area contributed by atoms with Crippen LogP contribution in [0.1, 0.15) is 37.3 Å². The summed E-state index contributed by atoms with van der Waals surface area (Å²) >= 11 is 0. The lowest BCUT2D eigenvalue weighted by atomic mass is 10.3. The zero-order valence-electron chi connectivity index (χ0n) is 13.5. The normalized spacial score (nSPS) is 24.8. The number of piperazine rings is 1. The van der Waals surface area contributed by atoms with E-state index in [1.54, 1.807) is 11.4 Å². The molecule has 1 N–H and O–H groups in total. The van der Waals surface area contributed by atoms with Crippen LogP contribution < -0.4 is 4.90 Å². The molecule has 8 heteroatoms. The Bertz CT molecular complexity index is 671. The topological polar surface area (TPSA) is 78.5 Å². The molecule has 0 radical (unpaired) electrons. The number of rotatable bonds is 6. The Balaban J connectivity index is 1.40. The second-order valence-corrected chi connectivity index (χ2v) is 9.30. The van der Waals surface area contributed by atoms with E-state index in [2.05, 4.69) is 21.2 Å². The standard InChI is InChI=1S/C15H24N4O3S/c1-22-11-15(4-5-15)23(20,21)19-8-6-18(7-9-19)14-10-13(16-17-14)12-2-3-12/h10,12H,2-9,11H2,1H3,(H,16,17). The summed E-state index contributed by atoms with van der Waals surface area (Å²) in [6, 6.07) is 2.12. The molecular weight excluding hydrogens is 316 g/mol. The van der Waals surface area contributed by atoms with Gasteiger partial charge in [0.2, 0.25) is 10.0 Å². The minimum absolute atomic E-state index is 0.305. The Morgan fingerprint density at radius 2 is 2.00 bits per heavy atom. The highest BCUT2D eigenvalue weighted by atomic mass is 32.2. The van der Waals surface area contributed by atoms with Crippen LogP contribution in [0.4, 0.5) is 5.82 Å². The number of aromatic amines is 1. The van der Waals surface area contributed by atoms with Crippen LogP contribution >= 0.6 is 0 Å². The molecule has 0 bridgehead atoms. The van der Waals surface area contributed by atoms with E-state index in [1.165, 1.54) is 18.5 Å². The van der Waals surface area contributed by atoms with E-state index < -0.39 is 14.8 Å². The van der Waals surface area contributed by atoms with Crippen molar-refractivity contribution in [2.24, 2.45) is 0 Å². The van der Waals surface area contributed by atoms with Gasteiger partial charge in [-0.1, -0.05) is 0 Å². The van der Waals surface area contributed by atoms with Gasteiger partial charge in [-0.05, 0) is 25.7 Å². The molecule has 0 unspecified atom stereocenters. The van der Waals surface area contributed by atoms with Crippen LogP contribution in [0, 0.1) is 0 Å². The van der Waals surface area contributed by atoms with Crippen molar-refractivity contribution >= 4 is 15.8 Å². The van der Waals surface area contributed by atoms with E-state index >= 15 is 0 Å². The maximum absolute atomic E-state index is 12.8. The highest BCUT2D eigenvalue weighted by Gasteiger charge is 2.57. The van der Waals surface area contributed by atoms with Crippen LogP contribution in [0.5, 0.6) is 0 Å². The van der Waals surface area contributed by atoms with E-state index in [9.17, 15) is 8.42 Å². The number of ether oxygens (including phenoxy) is 1. The average Bonchev–Trinajstić information content (AvgIpc) is 3.48. The first-order valence-electron chi connectivity index (χ1n) is 8.35. The van der Waals surface area contributed by atoms with Crippen molar-refractivity contribution in [1.29, 1.82) is 0 Å². The lowest BCUT2D eigenvalue weighted by molar-refractivity contribution is 0.188. The molecule has 0 amide bonds. The lowest BCUT2D eigenvalue weighted by Gasteiger charge is -2.36. The van der Waals surface area contributed by atoms with Crippen molar-refractivity contribution in [2.45, 2.75) is 36.3 Å². The molecular formula is C15H24N4O3S. The van der Waals surface area contributed by atoms with Crippen LogP contribution in [-0.4, -0.2) is 67.6 Å². The number of hydrogen-bond acceptors (Lipinski definition) is 5. The van der Waals surface area contributed by atoms with E-state index in [-0.39, 0.29) is 0 Å². The SMILES string of the molecule is COCC1(S(=O)(=O)N2CCN(c3cc(C4CC4)[nH]n3)CC2)CC1. The third-order valence-corrected chi connectivity index (χ3v) is 7.93. The molecule has 23 heavy (non-hydrogen) atoms. The van der Waals surface area contributed by atoms with Gasteiger partial charge in [0.15, 0.2) is 5.82 Å². The molecule has 1 aromatic rings. The van der Waals surface area contributed by atoms with E-state index in [1.807, 2.05) is 0 Å². The number of H-pyrrole nitrogens is 1. The molecule has 0 atom stereocenters. The molecule has 2 heterocycles. The highest BCUT2D eigenvalue weighted by molar-refractivity contribution is 7.90. The number of hydrogen-bond donors (Lipinski definition) is 1. The summed E-state index contributed by atoms with van der Waals surface area (Å²) in [6.07, 6.45) is 3.92. The first kappa shape index (κ1) is 15.4. The average molecular weight is 340 g/mol. The van der Waals surface area contributed by atoms with Crippen molar-refractivity contribution in [3.63, 3.8) is 0 Å². The summed E-state index contributed by atoms with van der Waals surface area (Å²) in [5.74, 6) is 1.60. The molecule has 4 rings (SSSR count).